The van der Waals surface area contributed by atoms with E-state index in [4.69, 9.17) is 9.15 Å². The van der Waals surface area contributed by atoms with Crippen molar-refractivity contribution in [1.82, 2.24) is 10.2 Å². The highest BCUT2D eigenvalue weighted by atomic mass is 16.5. The van der Waals surface area contributed by atoms with Crippen LogP contribution >= 0.6 is 0 Å². The summed E-state index contributed by atoms with van der Waals surface area (Å²) in [7, 11) is 1.68. The number of methoxy groups -OCH3 is 1. The molecule has 0 saturated carbocycles. The minimum Gasteiger partial charge on any atom is -0.497 e. The average Bonchev–Trinajstić information content (AvgIpc) is 3.35. The molecule has 162 valence electrons. The second-order valence-corrected chi connectivity index (χ2v) is 7.45. The summed E-state index contributed by atoms with van der Waals surface area (Å²) >= 11 is 0. The van der Waals surface area contributed by atoms with Crippen LogP contribution in [0.15, 0.2) is 77.4 Å². The summed E-state index contributed by atoms with van der Waals surface area (Å²) < 4.78 is 10.9. The largest absolute Gasteiger partial charge is 0.497 e. The van der Waals surface area contributed by atoms with Crippen LogP contribution < -0.4 is 20.3 Å². The number of piperazine rings is 1. The van der Waals surface area contributed by atoms with Gasteiger partial charge in [-0.05, 0) is 48.5 Å². The normalized spacial score (nSPS) is 15.3. The maximum absolute atomic E-state index is 12.4. The minimum atomic E-state index is -0.223. The molecule has 2 N–H and O–H groups in total. The van der Waals surface area contributed by atoms with Crippen LogP contribution in [-0.4, -0.2) is 50.8 Å². The van der Waals surface area contributed by atoms with E-state index in [0.29, 0.717) is 6.54 Å². The second kappa shape index (κ2) is 10.0. The van der Waals surface area contributed by atoms with Gasteiger partial charge in [-0.3, -0.25) is 4.90 Å². The predicted molar refractivity (Wildman–Crippen MR) is 122 cm³/mol. The van der Waals surface area contributed by atoms with E-state index in [9.17, 15) is 4.79 Å². The first-order chi connectivity index (χ1) is 15.2. The number of anilines is 2. The predicted octanol–water partition coefficient (Wildman–Crippen LogP) is 3.97. The van der Waals surface area contributed by atoms with E-state index in [1.165, 1.54) is 5.69 Å². The first-order valence-electron chi connectivity index (χ1n) is 10.5. The fourth-order valence-corrected chi connectivity index (χ4v) is 3.86. The molecule has 1 saturated heterocycles. The van der Waals surface area contributed by atoms with Gasteiger partial charge in [0, 0.05) is 44.1 Å². The highest BCUT2D eigenvalue weighted by Crippen LogP contribution is 2.25. The molecular formula is C24H28N4O3. The Morgan fingerprint density at radius 3 is 2.39 bits per heavy atom. The van der Waals surface area contributed by atoms with E-state index in [-0.39, 0.29) is 12.1 Å². The zero-order valence-electron chi connectivity index (χ0n) is 17.7. The van der Waals surface area contributed by atoms with Gasteiger partial charge in [0.2, 0.25) is 0 Å². The molecule has 3 aromatic rings. The summed E-state index contributed by atoms with van der Waals surface area (Å²) in [6.07, 6.45) is 1.68. The van der Waals surface area contributed by atoms with Crippen molar-refractivity contribution in [3.8, 4) is 5.75 Å². The topological polar surface area (TPSA) is 70.0 Å². The van der Waals surface area contributed by atoms with Gasteiger partial charge in [0.25, 0.3) is 0 Å². The lowest BCUT2D eigenvalue weighted by molar-refractivity contribution is 0.162. The van der Waals surface area contributed by atoms with Crippen LogP contribution in [0.1, 0.15) is 11.8 Å². The highest BCUT2D eigenvalue weighted by Gasteiger charge is 2.27. The maximum Gasteiger partial charge on any atom is 0.319 e. The lowest BCUT2D eigenvalue weighted by Gasteiger charge is -2.39. The highest BCUT2D eigenvalue weighted by molar-refractivity contribution is 5.89. The molecule has 0 spiro atoms. The number of carbonyl (C=O) groups excluding carboxylic acids is 1. The Hall–Kier alpha value is -3.45. The first kappa shape index (κ1) is 20.8. The number of hydrogen-bond donors (Lipinski definition) is 2. The smallest absolute Gasteiger partial charge is 0.319 e. The number of ether oxygens (including phenoxy) is 1. The van der Waals surface area contributed by atoms with Gasteiger partial charge in [0.05, 0.1) is 19.4 Å². The van der Waals surface area contributed by atoms with Crippen molar-refractivity contribution in [2.75, 3.05) is 50.1 Å². The molecule has 0 bridgehead atoms. The summed E-state index contributed by atoms with van der Waals surface area (Å²) in [6.45, 7) is 4.02. The quantitative estimate of drug-likeness (QED) is 0.605. The van der Waals surface area contributed by atoms with Gasteiger partial charge < -0.3 is 24.7 Å². The number of furan rings is 1. The van der Waals surface area contributed by atoms with Crippen LogP contribution in [0.4, 0.5) is 16.2 Å². The van der Waals surface area contributed by atoms with E-state index in [1.807, 2.05) is 54.6 Å². The Labute approximate surface area is 182 Å². The molecule has 1 aromatic heterocycles. The van der Waals surface area contributed by atoms with Gasteiger partial charge >= 0.3 is 6.03 Å². The first-order valence-corrected chi connectivity index (χ1v) is 10.5. The molecule has 7 nitrogen and oxygen atoms in total. The molecule has 7 heteroatoms. The molecular weight excluding hydrogens is 392 g/mol. The monoisotopic (exact) mass is 420 g/mol. The molecule has 2 aromatic carbocycles. The summed E-state index contributed by atoms with van der Waals surface area (Å²) in [4.78, 5) is 17.1. The van der Waals surface area contributed by atoms with Crippen molar-refractivity contribution >= 4 is 17.4 Å². The van der Waals surface area contributed by atoms with E-state index in [1.54, 1.807) is 13.4 Å². The van der Waals surface area contributed by atoms with Crippen LogP contribution in [0, 0.1) is 0 Å². The molecule has 0 aliphatic carbocycles. The fraction of sp³-hybridized carbons (Fsp3) is 0.292. The van der Waals surface area contributed by atoms with E-state index in [2.05, 4.69) is 32.6 Å². The number of rotatable bonds is 7. The minimum absolute atomic E-state index is 0.0189. The molecule has 31 heavy (non-hydrogen) atoms. The summed E-state index contributed by atoms with van der Waals surface area (Å²) in [5, 5.41) is 5.86. The van der Waals surface area contributed by atoms with Crippen molar-refractivity contribution in [3.05, 3.63) is 78.8 Å². The van der Waals surface area contributed by atoms with Crippen LogP contribution in [0.25, 0.3) is 0 Å². The average molecular weight is 421 g/mol. The number of urea groups is 1. The maximum atomic E-state index is 12.4. The zero-order valence-corrected chi connectivity index (χ0v) is 17.7. The molecule has 0 radical (unpaired) electrons. The summed E-state index contributed by atoms with van der Waals surface area (Å²) in [5.74, 6) is 1.72. The van der Waals surface area contributed by atoms with Gasteiger partial charge in [-0.1, -0.05) is 18.2 Å². The van der Waals surface area contributed by atoms with Crippen LogP contribution in [0.5, 0.6) is 5.75 Å². The van der Waals surface area contributed by atoms with Crippen molar-refractivity contribution in [2.24, 2.45) is 0 Å². The van der Waals surface area contributed by atoms with E-state index < -0.39 is 0 Å². The zero-order chi connectivity index (χ0) is 21.5. The SMILES string of the molecule is COc1ccc(N2CCN(C(CNC(=O)Nc3ccccc3)c3ccco3)CC2)cc1. The molecule has 2 amide bonds. The van der Waals surface area contributed by atoms with Gasteiger partial charge in [-0.2, -0.15) is 0 Å². The van der Waals surface area contributed by atoms with Crippen LogP contribution in [0.2, 0.25) is 0 Å². The van der Waals surface area contributed by atoms with Crippen molar-refractivity contribution in [1.29, 1.82) is 0 Å². The number of nitrogens with one attached hydrogen (secondary N) is 2. The Kier molecular flexibility index (Phi) is 6.74. The van der Waals surface area contributed by atoms with E-state index in [0.717, 1.165) is 43.4 Å². The number of benzene rings is 2. The van der Waals surface area contributed by atoms with Crippen molar-refractivity contribution in [3.63, 3.8) is 0 Å². The van der Waals surface area contributed by atoms with Crippen LogP contribution in [-0.2, 0) is 0 Å². The molecule has 1 unspecified atom stereocenters. The number of amides is 2. The Morgan fingerprint density at radius 2 is 1.74 bits per heavy atom. The van der Waals surface area contributed by atoms with Crippen LogP contribution in [0.3, 0.4) is 0 Å². The Balaban J connectivity index is 1.35. The number of para-hydroxylation sites is 1. The summed E-state index contributed by atoms with van der Waals surface area (Å²) in [6, 6.07) is 21.2. The third-order valence-electron chi connectivity index (χ3n) is 5.55. The lowest BCUT2D eigenvalue weighted by atomic mass is 10.1. The molecule has 1 fully saturated rings. The number of carbonyl (C=O) groups is 1. The number of hydrogen-bond acceptors (Lipinski definition) is 5. The molecule has 2 heterocycles. The Morgan fingerprint density at radius 1 is 1.00 bits per heavy atom. The molecule has 1 aliphatic rings. The molecule has 4 rings (SSSR count). The fourth-order valence-electron chi connectivity index (χ4n) is 3.86. The van der Waals surface area contributed by atoms with Gasteiger partial charge in [-0.15, -0.1) is 0 Å². The molecule has 1 aliphatic heterocycles. The van der Waals surface area contributed by atoms with Gasteiger partial charge in [0.1, 0.15) is 11.5 Å². The summed E-state index contributed by atoms with van der Waals surface area (Å²) in [5.41, 5.74) is 1.96. The van der Waals surface area contributed by atoms with Gasteiger partial charge in [-0.25, -0.2) is 4.79 Å². The standard InChI is InChI=1S/C24H28N4O3/c1-30-21-11-9-20(10-12-21)27-13-15-28(16-14-27)22(23-8-5-17-31-23)18-25-24(29)26-19-6-3-2-4-7-19/h2-12,17,22H,13-16,18H2,1H3,(H2,25,26,29). The lowest BCUT2D eigenvalue weighted by Crippen LogP contribution is -2.50. The number of nitrogens with zero attached hydrogens (tertiary/aromatic N) is 2. The van der Waals surface area contributed by atoms with Crippen molar-refractivity contribution in [2.45, 2.75) is 6.04 Å². The molecule has 1 atom stereocenters. The van der Waals surface area contributed by atoms with E-state index >= 15 is 0 Å². The third-order valence-corrected chi connectivity index (χ3v) is 5.55. The van der Waals surface area contributed by atoms with Crippen molar-refractivity contribution < 1.29 is 13.9 Å². The van der Waals surface area contributed by atoms with Gasteiger partial charge in [0.15, 0.2) is 0 Å². The second-order valence-electron chi connectivity index (χ2n) is 7.45. The Bertz CT molecular complexity index is 937. The third kappa shape index (κ3) is 5.38.